The van der Waals surface area contributed by atoms with Gasteiger partial charge in [-0.3, -0.25) is 4.79 Å². The first-order chi connectivity index (χ1) is 8.20. The number of amides is 1. The Morgan fingerprint density at radius 3 is 2.94 bits per heavy atom. The van der Waals surface area contributed by atoms with Crippen molar-refractivity contribution in [2.75, 3.05) is 40.4 Å². The van der Waals surface area contributed by atoms with Gasteiger partial charge in [0.15, 0.2) is 0 Å². The molecule has 2 fully saturated rings. The third-order valence-corrected chi connectivity index (χ3v) is 3.76. The van der Waals surface area contributed by atoms with Crippen LogP contribution >= 0.6 is 0 Å². The molecule has 0 aromatic rings. The molecule has 0 saturated carbocycles. The number of rotatable bonds is 3. The van der Waals surface area contributed by atoms with Crippen LogP contribution in [0, 0.1) is 5.92 Å². The molecule has 0 aliphatic carbocycles. The minimum absolute atomic E-state index is 0.0350. The first-order valence-electron chi connectivity index (χ1n) is 6.44. The minimum atomic E-state index is -0.0350. The summed E-state index contributed by atoms with van der Waals surface area (Å²) in [7, 11) is 3.99. The molecule has 5 heteroatoms. The zero-order valence-electron chi connectivity index (χ0n) is 10.7. The Kier molecular flexibility index (Phi) is 4.36. The topological polar surface area (TPSA) is 53.6 Å². The average molecular weight is 241 g/mol. The van der Waals surface area contributed by atoms with E-state index in [4.69, 9.17) is 4.74 Å². The number of hydrogen-bond donors (Lipinski definition) is 2. The third kappa shape index (κ3) is 3.18. The van der Waals surface area contributed by atoms with E-state index in [9.17, 15) is 4.79 Å². The Morgan fingerprint density at radius 1 is 1.41 bits per heavy atom. The molecule has 1 amide bonds. The Labute approximate surface area is 103 Å². The molecule has 2 saturated heterocycles. The molecule has 2 aliphatic heterocycles. The molecule has 0 spiro atoms. The van der Waals surface area contributed by atoms with Gasteiger partial charge in [0.05, 0.1) is 19.1 Å². The fourth-order valence-electron chi connectivity index (χ4n) is 2.69. The summed E-state index contributed by atoms with van der Waals surface area (Å²) < 4.78 is 5.36. The lowest BCUT2D eigenvalue weighted by atomic mass is 10.0. The van der Waals surface area contributed by atoms with Gasteiger partial charge in [-0.25, -0.2) is 0 Å². The second-order valence-corrected chi connectivity index (χ2v) is 5.15. The highest BCUT2D eigenvalue weighted by molar-refractivity contribution is 5.80. The lowest BCUT2D eigenvalue weighted by Crippen LogP contribution is -2.50. The second kappa shape index (κ2) is 5.80. The van der Waals surface area contributed by atoms with E-state index in [0.717, 1.165) is 25.9 Å². The Morgan fingerprint density at radius 2 is 2.24 bits per heavy atom. The van der Waals surface area contributed by atoms with Crippen molar-refractivity contribution in [2.24, 2.45) is 5.92 Å². The zero-order valence-corrected chi connectivity index (χ0v) is 10.7. The van der Waals surface area contributed by atoms with Crippen LogP contribution in [0.5, 0.6) is 0 Å². The van der Waals surface area contributed by atoms with Gasteiger partial charge in [0.2, 0.25) is 5.91 Å². The monoisotopic (exact) mass is 241 g/mol. The molecule has 17 heavy (non-hydrogen) atoms. The minimum Gasteiger partial charge on any atom is -0.379 e. The van der Waals surface area contributed by atoms with E-state index >= 15 is 0 Å². The van der Waals surface area contributed by atoms with E-state index < -0.39 is 0 Å². The number of ether oxygens (including phenoxy) is 1. The molecule has 2 aliphatic rings. The summed E-state index contributed by atoms with van der Waals surface area (Å²) in [5.41, 5.74) is 0. The average Bonchev–Trinajstić information content (AvgIpc) is 2.77. The van der Waals surface area contributed by atoms with E-state index in [1.807, 2.05) is 7.05 Å². The predicted molar refractivity (Wildman–Crippen MR) is 65.8 cm³/mol. The largest absolute Gasteiger partial charge is 0.379 e. The molecule has 2 N–H and O–H groups in total. The van der Waals surface area contributed by atoms with E-state index in [1.54, 1.807) is 0 Å². The Hall–Kier alpha value is -0.650. The van der Waals surface area contributed by atoms with Gasteiger partial charge in [-0.1, -0.05) is 0 Å². The SMILES string of the molecule is CNC1COCC1C(=O)NC1CCCN(C)C1. The normalized spacial score (nSPS) is 34.8. The van der Waals surface area contributed by atoms with Gasteiger partial charge in [0, 0.05) is 18.6 Å². The predicted octanol–water partition coefficient (Wildman–Crippen LogP) is -0.569. The van der Waals surface area contributed by atoms with Crippen LogP contribution in [0.25, 0.3) is 0 Å². The van der Waals surface area contributed by atoms with E-state index in [0.29, 0.717) is 19.3 Å². The molecule has 2 heterocycles. The molecular weight excluding hydrogens is 218 g/mol. The van der Waals surface area contributed by atoms with E-state index in [2.05, 4.69) is 22.6 Å². The van der Waals surface area contributed by atoms with Crippen LogP contribution in [0.1, 0.15) is 12.8 Å². The van der Waals surface area contributed by atoms with Gasteiger partial charge in [-0.15, -0.1) is 0 Å². The van der Waals surface area contributed by atoms with Crippen LogP contribution < -0.4 is 10.6 Å². The lowest BCUT2D eigenvalue weighted by Gasteiger charge is -2.31. The zero-order chi connectivity index (χ0) is 12.3. The van der Waals surface area contributed by atoms with Crippen molar-refractivity contribution in [2.45, 2.75) is 24.9 Å². The first kappa shape index (κ1) is 12.8. The van der Waals surface area contributed by atoms with Crippen molar-refractivity contribution in [3.63, 3.8) is 0 Å². The smallest absolute Gasteiger partial charge is 0.227 e. The first-order valence-corrected chi connectivity index (χ1v) is 6.44. The van der Waals surface area contributed by atoms with Crippen LogP contribution in [-0.4, -0.2) is 63.3 Å². The van der Waals surface area contributed by atoms with Crippen LogP contribution in [0.15, 0.2) is 0 Å². The standard InChI is InChI=1S/C12H23N3O2/c1-13-11-8-17-7-10(11)12(16)14-9-4-3-5-15(2)6-9/h9-11,13H,3-8H2,1-2H3,(H,14,16). The second-order valence-electron chi connectivity index (χ2n) is 5.15. The van der Waals surface area contributed by atoms with Crippen molar-refractivity contribution < 1.29 is 9.53 Å². The number of likely N-dealkylation sites (N-methyl/N-ethyl adjacent to an activating group) is 2. The maximum Gasteiger partial charge on any atom is 0.227 e. The van der Waals surface area contributed by atoms with Gasteiger partial charge >= 0.3 is 0 Å². The highest BCUT2D eigenvalue weighted by atomic mass is 16.5. The number of hydrogen-bond acceptors (Lipinski definition) is 4. The Bertz CT molecular complexity index is 272. The fourth-order valence-corrected chi connectivity index (χ4v) is 2.69. The summed E-state index contributed by atoms with van der Waals surface area (Å²) >= 11 is 0. The molecule has 5 nitrogen and oxygen atoms in total. The van der Waals surface area contributed by atoms with Crippen LogP contribution in [0.2, 0.25) is 0 Å². The number of nitrogens with zero attached hydrogens (tertiary/aromatic N) is 1. The highest BCUT2D eigenvalue weighted by Crippen LogP contribution is 2.15. The van der Waals surface area contributed by atoms with Crippen molar-refractivity contribution in [1.29, 1.82) is 0 Å². The lowest BCUT2D eigenvalue weighted by molar-refractivity contribution is -0.126. The molecule has 0 aromatic heterocycles. The van der Waals surface area contributed by atoms with Crippen molar-refractivity contribution >= 4 is 5.91 Å². The van der Waals surface area contributed by atoms with Gasteiger partial charge in [0.1, 0.15) is 0 Å². The Balaban J connectivity index is 1.83. The van der Waals surface area contributed by atoms with Crippen molar-refractivity contribution in [3.05, 3.63) is 0 Å². The molecule has 98 valence electrons. The molecule has 2 rings (SSSR count). The number of carbonyl (C=O) groups excluding carboxylic acids is 1. The maximum atomic E-state index is 12.1. The molecule has 0 aromatic carbocycles. The summed E-state index contributed by atoms with van der Waals surface area (Å²) in [6.45, 7) is 3.28. The van der Waals surface area contributed by atoms with Crippen molar-refractivity contribution in [1.82, 2.24) is 15.5 Å². The summed E-state index contributed by atoms with van der Waals surface area (Å²) in [4.78, 5) is 14.4. The number of nitrogens with one attached hydrogen (secondary N) is 2. The van der Waals surface area contributed by atoms with E-state index in [1.165, 1.54) is 0 Å². The molecule has 0 bridgehead atoms. The van der Waals surface area contributed by atoms with Gasteiger partial charge in [0.25, 0.3) is 0 Å². The van der Waals surface area contributed by atoms with Crippen LogP contribution in [-0.2, 0) is 9.53 Å². The quantitative estimate of drug-likeness (QED) is 0.695. The number of carbonyl (C=O) groups is 1. The van der Waals surface area contributed by atoms with Gasteiger partial charge in [-0.2, -0.15) is 0 Å². The molecule has 0 radical (unpaired) electrons. The fraction of sp³-hybridized carbons (Fsp3) is 0.917. The van der Waals surface area contributed by atoms with E-state index in [-0.39, 0.29) is 17.9 Å². The summed E-state index contributed by atoms with van der Waals surface area (Å²) in [6.07, 6.45) is 2.26. The number of likely N-dealkylation sites (tertiary alicyclic amines) is 1. The summed E-state index contributed by atoms with van der Waals surface area (Å²) in [5.74, 6) is 0.106. The summed E-state index contributed by atoms with van der Waals surface area (Å²) in [5, 5.41) is 6.30. The molecule has 3 unspecified atom stereocenters. The third-order valence-electron chi connectivity index (χ3n) is 3.76. The molecule has 3 atom stereocenters. The van der Waals surface area contributed by atoms with Gasteiger partial charge < -0.3 is 20.3 Å². The van der Waals surface area contributed by atoms with Crippen molar-refractivity contribution in [3.8, 4) is 0 Å². The highest BCUT2D eigenvalue weighted by Gasteiger charge is 2.34. The van der Waals surface area contributed by atoms with Crippen LogP contribution in [0.3, 0.4) is 0 Å². The molecular formula is C12H23N3O2. The van der Waals surface area contributed by atoms with Crippen LogP contribution in [0.4, 0.5) is 0 Å². The summed E-state index contributed by atoms with van der Waals surface area (Å²) in [6, 6.07) is 0.468. The maximum absolute atomic E-state index is 12.1. The number of piperidine rings is 1. The van der Waals surface area contributed by atoms with Gasteiger partial charge in [-0.05, 0) is 33.5 Å².